The Labute approximate surface area is 85.1 Å². The summed E-state index contributed by atoms with van der Waals surface area (Å²) in [5.74, 6) is 0. The molecular weight excluding hydrogens is 182 g/mol. The smallest absolute Gasteiger partial charge is 0.0482 e. The Morgan fingerprint density at radius 2 is 2.15 bits per heavy atom. The van der Waals surface area contributed by atoms with Crippen LogP contribution in [0.2, 0.25) is 5.02 Å². The summed E-state index contributed by atoms with van der Waals surface area (Å²) in [7, 11) is 0. The van der Waals surface area contributed by atoms with Crippen molar-refractivity contribution in [2.75, 3.05) is 6.54 Å². The molecule has 1 aromatic carbocycles. The molecule has 0 heterocycles. The van der Waals surface area contributed by atoms with Crippen LogP contribution in [0.25, 0.3) is 0 Å². The summed E-state index contributed by atoms with van der Waals surface area (Å²) in [6.07, 6.45) is 0. The average Bonchev–Trinajstić information content (AvgIpc) is 2.10. The van der Waals surface area contributed by atoms with Gasteiger partial charge >= 0.3 is 0 Å². The van der Waals surface area contributed by atoms with Crippen molar-refractivity contribution in [3.05, 3.63) is 34.3 Å². The van der Waals surface area contributed by atoms with Crippen LogP contribution in [0.15, 0.2) is 18.2 Å². The molecule has 1 N–H and O–H groups in total. The van der Waals surface area contributed by atoms with Crippen LogP contribution < -0.4 is 5.32 Å². The van der Waals surface area contributed by atoms with E-state index in [0.717, 1.165) is 17.1 Å². The minimum absolute atomic E-state index is 0.331. The standard InChI is InChI=1S/C11H16ClN/c1-4-13-9(3)10-7-5-6-8(2)11(10)12/h5-7,9,13H,4H2,1-3H3. The van der Waals surface area contributed by atoms with E-state index in [0.29, 0.717) is 6.04 Å². The highest BCUT2D eigenvalue weighted by Gasteiger charge is 2.08. The number of rotatable bonds is 3. The highest BCUT2D eigenvalue weighted by molar-refractivity contribution is 6.32. The molecule has 0 aliphatic rings. The van der Waals surface area contributed by atoms with Crippen molar-refractivity contribution < 1.29 is 0 Å². The summed E-state index contributed by atoms with van der Waals surface area (Å²) in [4.78, 5) is 0. The molecule has 72 valence electrons. The van der Waals surface area contributed by atoms with Crippen LogP contribution in [-0.4, -0.2) is 6.54 Å². The molecule has 1 aromatic rings. The number of hydrogen-bond acceptors (Lipinski definition) is 1. The van der Waals surface area contributed by atoms with Crippen molar-refractivity contribution in [2.45, 2.75) is 26.8 Å². The van der Waals surface area contributed by atoms with Gasteiger partial charge in [0.25, 0.3) is 0 Å². The fourth-order valence-electron chi connectivity index (χ4n) is 1.42. The quantitative estimate of drug-likeness (QED) is 0.784. The lowest BCUT2D eigenvalue weighted by Gasteiger charge is -2.15. The Hall–Kier alpha value is -0.530. The fourth-order valence-corrected chi connectivity index (χ4v) is 1.71. The van der Waals surface area contributed by atoms with Gasteiger partial charge in [0.1, 0.15) is 0 Å². The van der Waals surface area contributed by atoms with Crippen molar-refractivity contribution in [1.29, 1.82) is 0 Å². The molecule has 0 saturated heterocycles. The van der Waals surface area contributed by atoms with Gasteiger partial charge < -0.3 is 5.32 Å². The van der Waals surface area contributed by atoms with Crippen molar-refractivity contribution in [3.63, 3.8) is 0 Å². The summed E-state index contributed by atoms with van der Waals surface area (Å²) >= 11 is 6.18. The number of nitrogens with one attached hydrogen (secondary N) is 1. The first kappa shape index (κ1) is 10.6. The van der Waals surface area contributed by atoms with E-state index in [2.05, 4.69) is 25.2 Å². The van der Waals surface area contributed by atoms with E-state index < -0.39 is 0 Å². The highest BCUT2D eigenvalue weighted by Crippen LogP contribution is 2.25. The fraction of sp³-hybridized carbons (Fsp3) is 0.455. The zero-order valence-corrected chi connectivity index (χ0v) is 9.15. The Morgan fingerprint density at radius 3 is 2.77 bits per heavy atom. The van der Waals surface area contributed by atoms with E-state index in [1.54, 1.807) is 0 Å². The molecule has 0 aliphatic carbocycles. The third kappa shape index (κ3) is 2.45. The zero-order chi connectivity index (χ0) is 9.84. The van der Waals surface area contributed by atoms with Crippen LogP contribution >= 0.6 is 11.6 Å². The normalized spacial score (nSPS) is 12.9. The monoisotopic (exact) mass is 197 g/mol. The molecule has 0 radical (unpaired) electrons. The third-order valence-corrected chi connectivity index (χ3v) is 2.71. The number of halogens is 1. The van der Waals surface area contributed by atoms with Gasteiger partial charge in [0.15, 0.2) is 0 Å². The van der Waals surface area contributed by atoms with Gasteiger partial charge in [-0.3, -0.25) is 0 Å². The van der Waals surface area contributed by atoms with Gasteiger partial charge in [-0.15, -0.1) is 0 Å². The first-order valence-corrected chi connectivity index (χ1v) is 5.03. The third-order valence-electron chi connectivity index (χ3n) is 2.20. The Kier molecular flexibility index (Phi) is 3.76. The van der Waals surface area contributed by atoms with Crippen LogP contribution in [0.4, 0.5) is 0 Å². The molecule has 0 aromatic heterocycles. The minimum atomic E-state index is 0.331. The zero-order valence-electron chi connectivity index (χ0n) is 8.39. The summed E-state index contributed by atoms with van der Waals surface area (Å²) in [5.41, 5.74) is 2.33. The second kappa shape index (κ2) is 4.64. The van der Waals surface area contributed by atoms with Crippen molar-refractivity contribution in [2.24, 2.45) is 0 Å². The van der Waals surface area contributed by atoms with E-state index in [1.165, 1.54) is 5.56 Å². The molecule has 0 fully saturated rings. The summed E-state index contributed by atoms with van der Waals surface area (Å²) in [5, 5.41) is 4.23. The lowest BCUT2D eigenvalue weighted by atomic mass is 10.1. The predicted molar refractivity (Wildman–Crippen MR) is 58.3 cm³/mol. The molecule has 1 nitrogen and oxygen atoms in total. The Bertz CT molecular complexity index is 283. The van der Waals surface area contributed by atoms with Gasteiger partial charge in [0.05, 0.1) is 0 Å². The van der Waals surface area contributed by atoms with Crippen molar-refractivity contribution >= 4 is 11.6 Å². The number of aryl methyl sites for hydroxylation is 1. The maximum atomic E-state index is 6.18. The topological polar surface area (TPSA) is 12.0 Å². The first-order chi connectivity index (χ1) is 6.16. The molecule has 1 unspecified atom stereocenters. The second-order valence-corrected chi connectivity index (χ2v) is 3.64. The van der Waals surface area contributed by atoms with Gasteiger partial charge in [-0.05, 0) is 31.5 Å². The van der Waals surface area contributed by atoms with Crippen LogP contribution in [0.3, 0.4) is 0 Å². The van der Waals surface area contributed by atoms with E-state index >= 15 is 0 Å². The van der Waals surface area contributed by atoms with Crippen LogP contribution in [0, 0.1) is 6.92 Å². The largest absolute Gasteiger partial charge is 0.310 e. The van der Waals surface area contributed by atoms with Gasteiger partial charge in [0, 0.05) is 11.1 Å². The Balaban J connectivity index is 2.93. The molecule has 0 bridgehead atoms. The molecular formula is C11H16ClN. The van der Waals surface area contributed by atoms with Crippen LogP contribution in [-0.2, 0) is 0 Å². The highest BCUT2D eigenvalue weighted by atomic mass is 35.5. The maximum absolute atomic E-state index is 6.18. The molecule has 2 heteroatoms. The number of benzene rings is 1. The minimum Gasteiger partial charge on any atom is -0.310 e. The second-order valence-electron chi connectivity index (χ2n) is 3.26. The first-order valence-electron chi connectivity index (χ1n) is 4.65. The lowest BCUT2D eigenvalue weighted by Crippen LogP contribution is -2.18. The van der Waals surface area contributed by atoms with Gasteiger partial charge in [-0.2, -0.15) is 0 Å². The molecule has 13 heavy (non-hydrogen) atoms. The molecule has 0 aliphatic heterocycles. The number of hydrogen-bond donors (Lipinski definition) is 1. The molecule has 0 amide bonds. The molecule has 0 spiro atoms. The summed E-state index contributed by atoms with van der Waals surface area (Å²) < 4.78 is 0. The van der Waals surface area contributed by atoms with E-state index in [9.17, 15) is 0 Å². The van der Waals surface area contributed by atoms with E-state index in [4.69, 9.17) is 11.6 Å². The van der Waals surface area contributed by atoms with E-state index in [1.807, 2.05) is 19.1 Å². The predicted octanol–water partition coefficient (Wildman–Crippen LogP) is 3.32. The van der Waals surface area contributed by atoms with Gasteiger partial charge in [-0.25, -0.2) is 0 Å². The van der Waals surface area contributed by atoms with Crippen molar-refractivity contribution in [1.82, 2.24) is 5.32 Å². The van der Waals surface area contributed by atoms with E-state index in [-0.39, 0.29) is 0 Å². The average molecular weight is 198 g/mol. The van der Waals surface area contributed by atoms with Crippen LogP contribution in [0.5, 0.6) is 0 Å². The van der Waals surface area contributed by atoms with Crippen LogP contribution in [0.1, 0.15) is 31.0 Å². The summed E-state index contributed by atoms with van der Waals surface area (Å²) in [6.45, 7) is 7.22. The van der Waals surface area contributed by atoms with Crippen molar-refractivity contribution in [3.8, 4) is 0 Å². The lowest BCUT2D eigenvalue weighted by molar-refractivity contribution is 0.598. The SMILES string of the molecule is CCNC(C)c1cccc(C)c1Cl. The molecule has 1 rings (SSSR count). The van der Waals surface area contributed by atoms with Gasteiger partial charge in [0.2, 0.25) is 0 Å². The van der Waals surface area contributed by atoms with Gasteiger partial charge in [-0.1, -0.05) is 36.7 Å². The molecule has 1 atom stereocenters. The maximum Gasteiger partial charge on any atom is 0.0482 e. The molecule has 0 saturated carbocycles. The Morgan fingerprint density at radius 1 is 1.46 bits per heavy atom. The summed E-state index contributed by atoms with van der Waals surface area (Å²) in [6, 6.07) is 6.48.